The zero-order valence-electron chi connectivity index (χ0n) is 11.7. The molecule has 1 aliphatic carbocycles. The van der Waals surface area contributed by atoms with Gasteiger partial charge < -0.3 is 11.1 Å². The van der Waals surface area contributed by atoms with E-state index in [1.807, 2.05) is 20.0 Å². The molecule has 1 aromatic heterocycles. The predicted molar refractivity (Wildman–Crippen MR) is 78.0 cm³/mol. The van der Waals surface area contributed by atoms with E-state index in [1.54, 1.807) is 11.3 Å². The molecule has 19 heavy (non-hydrogen) atoms. The Morgan fingerprint density at radius 1 is 1.58 bits per heavy atom. The molecule has 1 fully saturated rings. The van der Waals surface area contributed by atoms with Gasteiger partial charge in [-0.25, -0.2) is 4.98 Å². The average molecular weight is 281 g/mol. The summed E-state index contributed by atoms with van der Waals surface area (Å²) in [6.07, 6.45) is 6.94. The average Bonchev–Trinajstić information content (AvgIpc) is 2.79. The second-order valence-corrected chi connectivity index (χ2v) is 6.78. The van der Waals surface area contributed by atoms with Crippen molar-refractivity contribution in [1.29, 1.82) is 0 Å². The summed E-state index contributed by atoms with van der Waals surface area (Å²) in [5, 5.41) is 4.00. The third-order valence-corrected chi connectivity index (χ3v) is 4.90. The van der Waals surface area contributed by atoms with Gasteiger partial charge in [0.05, 0.1) is 6.04 Å². The van der Waals surface area contributed by atoms with E-state index in [9.17, 15) is 4.79 Å². The third-order valence-electron chi connectivity index (χ3n) is 3.80. The van der Waals surface area contributed by atoms with Gasteiger partial charge >= 0.3 is 0 Å². The van der Waals surface area contributed by atoms with Gasteiger partial charge in [-0.3, -0.25) is 4.79 Å². The molecule has 106 valence electrons. The van der Waals surface area contributed by atoms with Crippen LogP contribution in [-0.2, 0) is 4.79 Å². The number of rotatable bonds is 4. The van der Waals surface area contributed by atoms with Gasteiger partial charge in [0.15, 0.2) is 0 Å². The van der Waals surface area contributed by atoms with Gasteiger partial charge in [0.25, 0.3) is 0 Å². The molecule has 4 nitrogen and oxygen atoms in total. The quantitative estimate of drug-likeness (QED) is 0.891. The van der Waals surface area contributed by atoms with Crippen LogP contribution < -0.4 is 11.1 Å². The maximum absolute atomic E-state index is 12.1. The first kappa shape index (κ1) is 14.5. The summed E-state index contributed by atoms with van der Waals surface area (Å²) < 4.78 is 0. The van der Waals surface area contributed by atoms with E-state index in [4.69, 9.17) is 5.73 Å². The van der Waals surface area contributed by atoms with E-state index >= 15 is 0 Å². The fourth-order valence-electron chi connectivity index (χ4n) is 2.66. The standard InChI is InChI=1S/C14H23N3OS/c1-9-8-16-14(19-9)10(2)17-13(18)7-11-5-3-4-6-12(11)15/h8,10-12H,3-7,15H2,1-2H3,(H,17,18). The molecule has 1 amide bonds. The number of nitrogens with two attached hydrogens (primary N) is 1. The maximum Gasteiger partial charge on any atom is 0.220 e. The van der Waals surface area contributed by atoms with Crippen LogP contribution in [0, 0.1) is 12.8 Å². The Bertz CT molecular complexity index is 432. The molecule has 0 spiro atoms. The molecule has 3 atom stereocenters. The van der Waals surface area contributed by atoms with Crippen molar-refractivity contribution >= 4 is 17.2 Å². The van der Waals surface area contributed by atoms with Crippen LogP contribution in [-0.4, -0.2) is 16.9 Å². The van der Waals surface area contributed by atoms with E-state index in [-0.39, 0.29) is 18.0 Å². The SMILES string of the molecule is Cc1cnc(C(C)NC(=O)CC2CCCCC2N)s1. The lowest BCUT2D eigenvalue weighted by Gasteiger charge is -2.28. The number of aryl methyl sites for hydroxylation is 1. The van der Waals surface area contributed by atoms with Gasteiger partial charge in [-0.05, 0) is 32.6 Å². The summed E-state index contributed by atoms with van der Waals surface area (Å²) in [6, 6.07) is 0.183. The molecule has 0 radical (unpaired) electrons. The number of amides is 1. The minimum Gasteiger partial charge on any atom is -0.347 e. The van der Waals surface area contributed by atoms with Crippen molar-refractivity contribution in [3.8, 4) is 0 Å². The summed E-state index contributed by atoms with van der Waals surface area (Å²) in [5.74, 6) is 0.446. The van der Waals surface area contributed by atoms with Crippen LogP contribution in [0.4, 0.5) is 0 Å². The highest BCUT2D eigenvalue weighted by Gasteiger charge is 2.25. The molecule has 0 aliphatic heterocycles. The summed E-state index contributed by atoms with van der Waals surface area (Å²) >= 11 is 1.63. The third kappa shape index (κ3) is 4.01. The molecule has 5 heteroatoms. The first-order valence-corrected chi connectivity index (χ1v) is 7.85. The Kier molecular flexibility index (Phi) is 4.93. The highest BCUT2D eigenvalue weighted by molar-refractivity contribution is 7.11. The van der Waals surface area contributed by atoms with E-state index in [2.05, 4.69) is 10.3 Å². The van der Waals surface area contributed by atoms with Crippen LogP contribution >= 0.6 is 11.3 Å². The molecule has 3 N–H and O–H groups in total. The van der Waals surface area contributed by atoms with Gasteiger partial charge in [0, 0.05) is 23.5 Å². The van der Waals surface area contributed by atoms with Gasteiger partial charge in [-0.15, -0.1) is 11.3 Å². The van der Waals surface area contributed by atoms with Gasteiger partial charge in [-0.1, -0.05) is 12.8 Å². The Hall–Kier alpha value is -0.940. The first-order chi connectivity index (χ1) is 9.06. The number of carbonyl (C=O) groups is 1. The van der Waals surface area contributed by atoms with E-state index in [0.717, 1.165) is 17.8 Å². The molecule has 0 bridgehead atoms. The van der Waals surface area contributed by atoms with E-state index < -0.39 is 0 Å². The van der Waals surface area contributed by atoms with Crippen molar-refractivity contribution in [2.45, 2.75) is 58.0 Å². The van der Waals surface area contributed by atoms with Crippen molar-refractivity contribution in [2.24, 2.45) is 11.7 Å². The normalized spacial score (nSPS) is 25.0. The number of hydrogen-bond acceptors (Lipinski definition) is 4. The first-order valence-electron chi connectivity index (χ1n) is 7.03. The Balaban J connectivity index is 1.83. The molecule has 0 aromatic carbocycles. The molecule has 1 heterocycles. The van der Waals surface area contributed by atoms with Crippen LogP contribution in [0.15, 0.2) is 6.20 Å². The minimum absolute atomic E-state index is 0.00832. The van der Waals surface area contributed by atoms with Crippen LogP contribution in [0.3, 0.4) is 0 Å². The number of carbonyl (C=O) groups excluding carboxylic acids is 1. The Morgan fingerprint density at radius 2 is 2.32 bits per heavy atom. The van der Waals surface area contributed by atoms with Crippen molar-refractivity contribution in [3.63, 3.8) is 0 Å². The van der Waals surface area contributed by atoms with Gasteiger partial charge in [-0.2, -0.15) is 0 Å². The molecular formula is C14H23N3OS. The minimum atomic E-state index is -0.00832. The second kappa shape index (κ2) is 6.48. The van der Waals surface area contributed by atoms with Crippen LogP contribution in [0.5, 0.6) is 0 Å². The molecular weight excluding hydrogens is 258 g/mol. The molecule has 1 aromatic rings. The van der Waals surface area contributed by atoms with Crippen molar-refractivity contribution < 1.29 is 4.79 Å². The molecule has 2 rings (SSSR count). The van der Waals surface area contributed by atoms with Gasteiger partial charge in [0.2, 0.25) is 5.91 Å². The fourth-order valence-corrected chi connectivity index (χ4v) is 3.44. The van der Waals surface area contributed by atoms with Crippen LogP contribution in [0.2, 0.25) is 0 Å². The van der Waals surface area contributed by atoms with Crippen LogP contribution in [0.25, 0.3) is 0 Å². The zero-order chi connectivity index (χ0) is 13.8. The van der Waals surface area contributed by atoms with Gasteiger partial charge in [0.1, 0.15) is 5.01 Å². The lowest BCUT2D eigenvalue weighted by molar-refractivity contribution is -0.123. The van der Waals surface area contributed by atoms with Crippen LogP contribution in [0.1, 0.15) is 55.0 Å². The topological polar surface area (TPSA) is 68.0 Å². The lowest BCUT2D eigenvalue weighted by Crippen LogP contribution is -2.37. The summed E-state index contributed by atoms with van der Waals surface area (Å²) in [4.78, 5) is 17.5. The molecule has 3 unspecified atom stereocenters. The smallest absolute Gasteiger partial charge is 0.220 e. The van der Waals surface area contributed by atoms with E-state index in [1.165, 1.54) is 17.7 Å². The Labute approximate surface area is 118 Å². The zero-order valence-corrected chi connectivity index (χ0v) is 12.5. The number of hydrogen-bond donors (Lipinski definition) is 2. The van der Waals surface area contributed by atoms with E-state index in [0.29, 0.717) is 12.3 Å². The monoisotopic (exact) mass is 281 g/mol. The summed E-state index contributed by atoms with van der Waals surface area (Å²) in [7, 11) is 0. The number of nitrogens with zero attached hydrogens (tertiary/aromatic N) is 1. The highest BCUT2D eigenvalue weighted by Crippen LogP contribution is 2.26. The lowest BCUT2D eigenvalue weighted by atomic mass is 9.83. The Morgan fingerprint density at radius 3 is 2.95 bits per heavy atom. The molecule has 0 saturated heterocycles. The van der Waals surface area contributed by atoms with Crippen molar-refractivity contribution in [1.82, 2.24) is 10.3 Å². The summed E-state index contributed by atoms with van der Waals surface area (Å²) in [5.41, 5.74) is 6.08. The highest BCUT2D eigenvalue weighted by atomic mass is 32.1. The predicted octanol–water partition coefficient (Wildman–Crippen LogP) is 2.54. The summed E-state index contributed by atoms with van der Waals surface area (Å²) in [6.45, 7) is 4.01. The van der Waals surface area contributed by atoms with Crippen molar-refractivity contribution in [3.05, 3.63) is 16.1 Å². The maximum atomic E-state index is 12.1. The molecule has 1 aliphatic rings. The number of thiazole rings is 1. The van der Waals surface area contributed by atoms with Crippen molar-refractivity contribution in [2.75, 3.05) is 0 Å². The number of nitrogens with one attached hydrogen (secondary N) is 1. The fraction of sp³-hybridized carbons (Fsp3) is 0.714. The molecule has 1 saturated carbocycles. The largest absolute Gasteiger partial charge is 0.347 e. The number of aromatic nitrogens is 1. The second-order valence-electron chi connectivity index (χ2n) is 5.51.